The minimum Gasteiger partial charge on any atom is -0.309 e. The Bertz CT molecular complexity index is 328. The molecule has 0 heterocycles. The van der Waals surface area contributed by atoms with Crippen LogP contribution in [0.15, 0.2) is 18.2 Å². The molecule has 1 aromatic carbocycles. The van der Waals surface area contributed by atoms with Gasteiger partial charge in [-0.1, -0.05) is 6.07 Å². The van der Waals surface area contributed by atoms with Crippen molar-refractivity contribution >= 4 is 0 Å². The maximum Gasteiger partial charge on any atom is 0.248 e. The zero-order valence-corrected chi connectivity index (χ0v) is 6.51. The molecule has 0 aliphatic carbocycles. The highest BCUT2D eigenvalue weighted by Gasteiger charge is 2.16. The van der Waals surface area contributed by atoms with Gasteiger partial charge in [0.2, 0.25) is 6.04 Å². The molecule has 12 heavy (non-hydrogen) atoms. The Morgan fingerprint density at radius 2 is 2.08 bits per heavy atom. The second kappa shape index (κ2) is 3.31. The number of nitrogens with zero attached hydrogens (tertiary/aromatic N) is 1. The highest BCUT2D eigenvalue weighted by molar-refractivity contribution is 5.23. The highest BCUT2D eigenvalue weighted by atomic mass is 19.2. The third-order valence-electron chi connectivity index (χ3n) is 1.63. The van der Waals surface area contributed by atoms with Crippen molar-refractivity contribution < 1.29 is 8.78 Å². The third kappa shape index (κ3) is 1.42. The van der Waals surface area contributed by atoms with E-state index in [0.29, 0.717) is 0 Å². The van der Waals surface area contributed by atoms with E-state index in [2.05, 4.69) is 4.85 Å². The molecule has 0 aliphatic rings. The van der Waals surface area contributed by atoms with E-state index in [1.165, 1.54) is 19.1 Å². The van der Waals surface area contributed by atoms with Crippen molar-refractivity contribution in [2.75, 3.05) is 0 Å². The summed E-state index contributed by atoms with van der Waals surface area (Å²) < 4.78 is 25.5. The van der Waals surface area contributed by atoms with E-state index in [4.69, 9.17) is 6.57 Å². The summed E-state index contributed by atoms with van der Waals surface area (Å²) in [5.41, 5.74) is 0.116. The predicted molar refractivity (Wildman–Crippen MR) is 41.4 cm³/mol. The van der Waals surface area contributed by atoms with Crippen molar-refractivity contribution in [1.82, 2.24) is 0 Å². The molecule has 0 amide bonds. The van der Waals surface area contributed by atoms with Crippen LogP contribution in [0.2, 0.25) is 0 Å². The first-order valence-electron chi connectivity index (χ1n) is 3.47. The van der Waals surface area contributed by atoms with Gasteiger partial charge in [0.05, 0.1) is 5.56 Å². The molecule has 62 valence electrons. The summed E-state index contributed by atoms with van der Waals surface area (Å²) in [5.74, 6) is -1.82. The molecule has 0 saturated heterocycles. The monoisotopic (exact) mass is 167 g/mol. The molecule has 0 N–H and O–H groups in total. The van der Waals surface area contributed by atoms with Crippen LogP contribution in [-0.2, 0) is 0 Å². The van der Waals surface area contributed by atoms with E-state index in [-0.39, 0.29) is 5.56 Å². The molecule has 0 radical (unpaired) electrons. The Balaban J connectivity index is 3.18. The number of benzene rings is 1. The van der Waals surface area contributed by atoms with E-state index >= 15 is 0 Å². The average molecular weight is 167 g/mol. The molecule has 1 unspecified atom stereocenters. The number of rotatable bonds is 1. The zero-order chi connectivity index (χ0) is 9.14. The molecular formula is C9H7F2N. The first kappa shape index (κ1) is 8.66. The van der Waals surface area contributed by atoms with Crippen LogP contribution in [-0.4, -0.2) is 0 Å². The minimum atomic E-state index is -0.916. The summed E-state index contributed by atoms with van der Waals surface area (Å²) in [6.07, 6.45) is 0. The van der Waals surface area contributed by atoms with E-state index in [0.717, 1.165) is 6.07 Å². The lowest BCUT2D eigenvalue weighted by Gasteiger charge is -2.01. The summed E-state index contributed by atoms with van der Waals surface area (Å²) in [6.45, 7) is 8.18. The van der Waals surface area contributed by atoms with Crippen LogP contribution < -0.4 is 0 Å². The van der Waals surface area contributed by atoms with Crippen molar-refractivity contribution in [2.24, 2.45) is 0 Å². The first-order chi connectivity index (χ1) is 5.66. The van der Waals surface area contributed by atoms with Gasteiger partial charge >= 0.3 is 0 Å². The number of hydrogen-bond donors (Lipinski definition) is 0. The van der Waals surface area contributed by atoms with Crippen molar-refractivity contribution in [3.8, 4) is 0 Å². The van der Waals surface area contributed by atoms with Gasteiger partial charge in [0, 0.05) is 6.92 Å². The Hall–Kier alpha value is -1.43. The molecule has 1 rings (SSSR count). The lowest BCUT2D eigenvalue weighted by atomic mass is 10.1. The maximum atomic E-state index is 12.9. The van der Waals surface area contributed by atoms with Gasteiger partial charge in [-0.15, -0.1) is 0 Å². The Morgan fingerprint density at radius 3 is 2.67 bits per heavy atom. The van der Waals surface area contributed by atoms with E-state index in [9.17, 15) is 8.78 Å². The van der Waals surface area contributed by atoms with Crippen molar-refractivity contribution in [3.05, 3.63) is 46.8 Å². The summed E-state index contributed by atoms with van der Waals surface area (Å²) in [7, 11) is 0. The van der Waals surface area contributed by atoms with Crippen molar-refractivity contribution in [1.29, 1.82) is 0 Å². The van der Waals surface area contributed by atoms with Crippen LogP contribution in [0.3, 0.4) is 0 Å². The van der Waals surface area contributed by atoms with E-state index in [1.54, 1.807) is 0 Å². The summed E-state index contributed by atoms with van der Waals surface area (Å²) in [6, 6.07) is 3.23. The quantitative estimate of drug-likeness (QED) is 0.566. The SMILES string of the molecule is [C-]#[N+]C(C)c1cccc(F)c1F. The van der Waals surface area contributed by atoms with Crippen LogP contribution in [0.5, 0.6) is 0 Å². The zero-order valence-electron chi connectivity index (χ0n) is 6.51. The van der Waals surface area contributed by atoms with Gasteiger partial charge in [0.25, 0.3) is 0 Å². The molecule has 0 aliphatic heterocycles. The summed E-state index contributed by atoms with van der Waals surface area (Å²) in [5, 5.41) is 0. The molecule has 0 spiro atoms. The molecule has 1 aromatic rings. The summed E-state index contributed by atoms with van der Waals surface area (Å²) in [4.78, 5) is 3.10. The fourth-order valence-electron chi connectivity index (χ4n) is 0.913. The second-order valence-electron chi connectivity index (χ2n) is 2.45. The van der Waals surface area contributed by atoms with Crippen LogP contribution >= 0.6 is 0 Å². The van der Waals surface area contributed by atoms with Gasteiger partial charge in [0.15, 0.2) is 11.6 Å². The Morgan fingerprint density at radius 1 is 1.42 bits per heavy atom. The van der Waals surface area contributed by atoms with Gasteiger partial charge in [-0.25, -0.2) is 15.4 Å². The van der Waals surface area contributed by atoms with Gasteiger partial charge in [-0.05, 0) is 12.1 Å². The second-order valence-corrected chi connectivity index (χ2v) is 2.45. The van der Waals surface area contributed by atoms with Crippen molar-refractivity contribution in [3.63, 3.8) is 0 Å². The highest BCUT2D eigenvalue weighted by Crippen LogP contribution is 2.21. The van der Waals surface area contributed by atoms with Gasteiger partial charge in [0.1, 0.15) is 0 Å². The Labute approximate surface area is 69.5 Å². The summed E-state index contributed by atoms with van der Waals surface area (Å²) >= 11 is 0. The van der Waals surface area contributed by atoms with Gasteiger partial charge in [-0.3, -0.25) is 0 Å². The van der Waals surface area contributed by atoms with Gasteiger partial charge < -0.3 is 4.85 Å². The van der Waals surface area contributed by atoms with Crippen LogP contribution in [0.1, 0.15) is 18.5 Å². The molecule has 0 fully saturated rings. The predicted octanol–water partition coefficient (Wildman–Crippen LogP) is 2.95. The normalized spacial score (nSPS) is 12.2. The smallest absolute Gasteiger partial charge is 0.248 e. The third-order valence-corrected chi connectivity index (χ3v) is 1.63. The van der Waals surface area contributed by atoms with Crippen LogP contribution in [0.25, 0.3) is 4.85 Å². The topological polar surface area (TPSA) is 4.36 Å². The molecule has 0 saturated carbocycles. The molecule has 1 atom stereocenters. The van der Waals surface area contributed by atoms with Crippen molar-refractivity contribution in [2.45, 2.75) is 13.0 Å². The fourth-order valence-corrected chi connectivity index (χ4v) is 0.913. The standard InChI is InChI=1S/C9H7F2N/c1-6(12-2)7-4-3-5-8(10)9(7)11/h3-6H,1H3. The molecule has 0 bridgehead atoms. The molecule has 0 aromatic heterocycles. The van der Waals surface area contributed by atoms with E-state index in [1.807, 2.05) is 0 Å². The molecule has 1 nitrogen and oxygen atoms in total. The molecular weight excluding hydrogens is 160 g/mol. The fraction of sp³-hybridized carbons (Fsp3) is 0.222. The molecule has 3 heteroatoms. The number of hydrogen-bond acceptors (Lipinski definition) is 0. The average Bonchev–Trinajstić information content (AvgIpc) is 2.08. The first-order valence-corrected chi connectivity index (χ1v) is 3.47. The number of halogens is 2. The lowest BCUT2D eigenvalue weighted by molar-refractivity contribution is 0.496. The minimum absolute atomic E-state index is 0.116. The maximum absolute atomic E-state index is 12.9. The largest absolute Gasteiger partial charge is 0.309 e. The van der Waals surface area contributed by atoms with Gasteiger partial charge in [-0.2, -0.15) is 0 Å². The Kier molecular flexibility index (Phi) is 2.39. The van der Waals surface area contributed by atoms with Crippen LogP contribution in [0.4, 0.5) is 8.78 Å². The van der Waals surface area contributed by atoms with Crippen LogP contribution in [0, 0.1) is 18.2 Å². The lowest BCUT2D eigenvalue weighted by Crippen LogP contribution is -1.95. The van der Waals surface area contributed by atoms with E-state index < -0.39 is 17.7 Å².